The van der Waals surface area contributed by atoms with E-state index in [9.17, 15) is 0 Å². The van der Waals surface area contributed by atoms with E-state index in [1.165, 1.54) is 0 Å². The van der Waals surface area contributed by atoms with Gasteiger partial charge in [0.1, 0.15) is 0 Å². The van der Waals surface area contributed by atoms with Crippen LogP contribution in [0.4, 0.5) is 0 Å². The van der Waals surface area contributed by atoms with E-state index in [0.717, 1.165) is 13.1 Å². The maximum absolute atomic E-state index is 4.67. The zero-order valence-electron chi connectivity index (χ0n) is 6.58. The second-order valence-corrected chi connectivity index (χ2v) is 1.60. The third kappa shape index (κ3) is 39.5. The topological polar surface area (TPSA) is 0 Å². The molecule has 0 fully saturated rings. The van der Waals surface area contributed by atoms with E-state index in [1.54, 1.807) is 0 Å². The van der Waals surface area contributed by atoms with Crippen molar-refractivity contribution in [3.8, 4) is 0 Å². The Morgan fingerprint density at radius 2 is 1.14 bits per heavy atom. The molecule has 0 aliphatic rings. The number of hydrogen-bond donors (Lipinski definition) is 0. The summed E-state index contributed by atoms with van der Waals surface area (Å²) in [5.74, 6) is 0. The van der Waals surface area contributed by atoms with E-state index in [1.807, 2.05) is 0 Å². The monoisotopic (exact) mass is 271 g/mol. The molecule has 0 spiro atoms. The molecule has 0 aliphatic carbocycles. The zero-order valence-corrected chi connectivity index (χ0v) is 12.2. The summed E-state index contributed by atoms with van der Waals surface area (Å²) in [5, 5.41) is 0. The van der Waals surface area contributed by atoms with Gasteiger partial charge in [-0.25, -0.2) is 0 Å². The van der Waals surface area contributed by atoms with Gasteiger partial charge in [-0.1, -0.05) is 0 Å². The minimum Gasteiger partial charge on any atom is -1.00 e. The van der Waals surface area contributed by atoms with Crippen LogP contribution in [0.1, 0.15) is 4.28 Å². The van der Waals surface area contributed by atoms with E-state index in [-0.39, 0.29) is 104 Å². The molecule has 0 bridgehead atoms. The first-order valence-electron chi connectivity index (χ1n) is 0.228. The van der Waals surface area contributed by atoms with Gasteiger partial charge in [-0.05, 0) is 0 Å². The van der Waals surface area contributed by atoms with Crippen molar-refractivity contribution in [2.45, 2.75) is 0 Å². The van der Waals surface area contributed by atoms with Crippen LogP contribution >= 0.6 is 45.0 Å². The summed E-state index contributed by atoms with van der Waals surface area (Å²) in [4.78, 5) is 0. The second kappa shape index (κ2) is 32.2. The Morgan fingerprint density at radius 1 is 1.14 bits per heavy atom. The molecule has 0 unspecified atom stereocenters. The molecule has 0 N–H and O–H groups in total. The first-order valence-corrected chi connectivity index (χ1v) is 2.82. The smallest absolute Gasteiger partial charge is 1.00 e. The molecule has 0 saturated carbocycles. The Balaban J connectivity index is -0.000000000952. The van der Waals surface area contributed by atoms with Crippen LogP contribution in [0.25, 0.3) is 0 Å². The second-order valence-electron chi connectivity index (χ2n) is 0.0431. The Kier molecular flexibility index (Phi) is 140. The molecular weight excluding hydrogens is 269 g/mol. The SMILES string of the molecule is Cl.Cl.[Cl][Cu][Cl].[H-].[H-].[H-].[K+].[Mg+2]. The molecule has 0 nitrogen and oxygen atoms in total. The fourth-order valence-electron chi connectivity index (χ4n) is 0. The van der Waals surface area contributed by atoms with Gasteiger partial charge in [0.25, 0.3) is 0 Å². The average Bonchev–Trinajstić information content (AvgIpc) is 0.918. The standard InChI is InChI=1S/4ClH.Cu.K.Mg.3H/h4*1H;;;;;;/q;;;;+2;+1;+2;3*-1/p-2. The fourth-order valence-corrected chi connectivity index (χ4v) is 0. The minimum absolute atomic E-state index is 0. The fraction of sp³-hybridized carbons (Fsp3) is 0. The quantitative estimate of drug-likeness (QED) is 0.506. The van der Waals surface area contributed by atoms with Crippen LogP contribution in [0.2, 0.25) is 0 Å². The summed E-state index contributed by atoms with van der Waals surface area (Å²) in [6.07, 6.45) is 0. The van der Waals surface area contributed by atoms with Crippen LogP contribution in [0.5, 0.6) is 0 Å². The van der Waals surface area contributed by atoms with Gasteiger partial charge in [0.05, 0.1) is 0 Å². The van der Waals surface area contributed by atoms with E-state index in [0.29, 0.717) is 0 Å². The molecule has 0 aromatic carbocycles. The molecule has 0 rings (SSSR count). The van der Waals surface area contributed by atoms with Gasteiger partial charge >= 0.3 is 108 Å². The molecular formula is H5Cl4CuKMg. The van der Waals surface area contributed by atoms with Gasteiger partial charge in [0.2, 0.25) is 0 Å². The molecule has 0 aromatic heterocycles. The summed E-state index contributed by atoms with van der Waals surface area (Å²) in [6.45, 7) is 0. The third-order valence-electron chi connectivity index (χ3n) is 0. The van der Waals surface area contributed by atoms with Crippen LogP contribution < -0.4 is 51.4 Å². The third-order valence-corrected chi connectivity index (χ3v) is 0. The Morgan fingerprint density at radius 3 is 1.14 bits per heavy atom. The summed E-state index contributed by atoms with van der Waals surface area (Å²) in [6, 6.07) is 0. The van der Waals surface area contributed by atoms with Gasteiger partial charge in [0.15, 0.2) is 0 Å². The van der Waals surface area contributed by atoms with Crippen molar-refractivity contribution in [1.82, 2.24) is 0 Å². The van der Waals surface area contributed by atoms with Crippen molar-refractivity contribution in [2.24, 2.45) is 0 Å². The molecule has 0 radical (unpaired) electrons. The predicted molar refractivity (Wildman–Crippen MR) is 35.3 cm³/mol. The van der Waals surface area contributed by atoms with Crippen LogP contribution in [-0.2, 0) is 13.1 Å². The van der Waals surface area contributed by atoms with Crippen molar-refractivity contribution < 1.29 is 68.8 Å². The van der Waals surface area contributed by atoms with Crippen LogP contribution in [-0.4, -0.2) is 23.1 Å². The number of halogens is 4. The number of rotatable bonds is 0. The first-order chi connectivity index (χ1) is 1.41. The van der Waals surface area contributed by atoms with Gasteiger partial charge in [-0.3, -0.25) is 0 Å². The molecule has 0 amide bonds. The minimum atomic E-state index is 0. The van der Waals surface area contributed by atoms with Crippen molar-refractivity contribution in [3.05, 3.63) is 0 Å². The normalized spacial score (nSPS) is 3.14. The molecule has 47 valence electrons. The maximum Gasteiger partial charge on any atom is 2.00 e. The Hall–Kier alpha value is 4.08. The van der Waals surface area contributed by atoms with E-state index >= 15 is 0 Å². The van der Waals surface area contributed by atoms with E-state index in [4.69, 9.17) is 0 Å². The van der Waals surface area contributed by atoms with Crippen molar-refractivity contribution in [2.75, 3.05) is 0 Å². The summed E-state index contributed by atoms with van der Waals surface area (Å²) < 4.78 is 0. The van der Waals surface area contributed by atoms with Crippen molar-refractivity contribution in [1.29, 1.82) is 0 Å². The molecule has 7 heteroatoms. The maximum atomic E-state index is 4.67. The summed E-state index contributed by atoms with van der Waals surface area (Å²) in [7, 11) is 9.34. The van der Waals surface area contributed by atoms with Crippen LogP contribution in [0, 0.1) is 0 Å². The zero-order chi connectivity index (χ0) is 2.71. The molecule has 7 heavy (non-hydrogen) atoms. The van der Waals surface area contributed by atoms with Gasteiger partial charge < -0.3 is 4.28 Å². The molecule has 0 heterocycles. The Bertz CT molecular complexity index is 20.5. The van der Waals surface area contributed by atoms with Crippen molar-refractivity contribution >= 4 is 68.1 Å². The largest absolute Gasteiger partial charge is 2.00 e. The van der Waals surface area contributed by atoms with Crippen LogP contribution in [0.15, 0.2) is 0 Å². The summed E-state index contributed by atoms with van der Waals surface area (Å²) >= 11 is 0.757. The summed E-state index contributed by atoms with van der Waals surface area (Å²) in [5.41, 5.74) is 0. The Labute approximate surface area is 134 Å². The van der Waals surface area contributed by atoms with E-state index < -0.39 is 0 Å². The van der Waals surface area contributed by atoms with Gasteiger partial charge in [-0.2, -0.15) is 0 Å². The van der Waals surface area contributed by atoms with Gasteiger partial charge in [0, 0.05) is 0 Å². The molecule has 0 saturated heterocycles. The number of hydrogen-bond acceptors (Lipinski definition) is 0. The van der Waals surface area contributed by atoms with E-state index in [2.05, 4.69) is 20.2 Å². The molecule has 0 aromatic rings. The first kappa shape index (κ1) is 30.5. The molecule has 0 atom stereocenters. The van der Waals surface area contributed by atoms with Gasteiger partial charge in [-0.15, -0.1) is 24.8 Å². The van der Waals surface area contributed by atoms with Crippen molar-refractivity contribution in [3.63, 3.8) is 0 Å². The van der Waals surface area contributed by atoms with Crippen LogP contribution in [0.3, 0.4) is 0 Å². The predicted octanol–water partition coefficient (Wildman–Crippen LogP) is -0.819. The molecule has 0 aliphatic heterocycles. The average molecular weight is 274 g/mol.